The van der Waals surface area contributed by atoms with Gasteiger partial charge < -0.3 is 15.0 Å². The summed E-state index contributed by atoms with van der Waals surface area (Å²) in [6.07, 6.45) is 5.23. The smallest absolute Gasteiger partial charge is 0.220 e. The van der Waals surface area contributed by atoms with E-state index in [2.05, 4.69) is 15.3 Å². The maximum absolute atomic E-state index is 11.6. The Balaban J connectivity index is 1.56. The number of aromatic nitrogens is 2. The molecule has 0 fully saturated rings. The van der Waals surface area contributed by atoms with Gasteiger partial charge in [0.2, 0.25) is 5.91 Å². The summed E-state index contributed by atoms with van der Waals surface area (Å²) in [5, 5.41) is 3.45. The number of amides is 1. The monoisotopic (exact) mass is 307 g/mol. The van der Waals surface area contributed by atoms with Crippen LogP contribution < -0.4 is 10.1 Å². The number of H-pyrrole nitrogens is 1. The molecular weight excluding hydrogens is 290 g/mol. The molecule has 5 nitrogen and oxygen atoms in total. The van der Waals surface area contributed by atoms with Crippen molar-refractivity contribution in [1.29, 1.82) is 0 Å². The van der Waals surface area contributed by atoms with Crippen LogP contribution in [-0.4, -0.2) is 29.0 Å². The van der Waals surface area contributed by atoms with Crippen molar-refractivity contribution in [2.45, 2.75) is 19.3 Å². The zero-order valence-corrected chi connectivity index (χ0v) is 12.4. The highest BCUT2D eigenvalue weighted by Crippen LogP contribution is 2.23. The lowest BCUT2D eigenvalue weighted by Crippen LogP contribution is -2.25. The molecule has 1 aromatic carbocycles. The van der Waals surface area contributed by atoms with E-state index in [1.165, 1.54) is 0 Å². The van der Waals surface area contributed by atoms with Gasteiger partial charge in [-0.15, -0.1) is 0 Å². The fourth-order valence-corrected chi connectivity index (χ4v) is 2.01. The van der Waals surface area contributed by atoms with Gasteiger partial charge in [0.05, 0.1) is 18.0 Å². The number of halogens is 1. The Morgan fingerprint density at radius 1 is 1.38 bits per heavy atom. The van der Waals surface area contributed by atoms with E-state index in [1.807, 2.05) is 18.2 Å². The second-order valence-electron chi connectivity index (χ2n) is 4.56. The number of nitrogens with one attached hydrogen (secondary N) is 2. The van der Waals surface area contributed by atoms with Crippen molar-refractivity contribution in [2.75, 3.05) is 13.2 Å². The van der Waals surface area contributed by atoms with E-state index in [0.29, 0.717) is 36.8 Å². The quantitative estimate of drug-likeness (QED) is 0.737. The van der Waals surface area contributed by atoms with Crippen LogP contribution in [0.5, 0.6) is 5.75 Å². The Hall–Kier alpha value is -2.01. The molecule has 1 amide bonds. The van der Waals surface area contributed by atoms with Crippen LogP contribution in [0.15, 0.2) is 36.8 Å². The predicted molar refractivity (Wildman–Crippen MR) is 81.5 cm³/mol. The number of hydrogen-bond donors (Lipinski definition) is 2. The Morgan fingerprint density at radius 3 is 3.00 bits per heavy atom. The third kappa shape index (κ3) is 5.47. The molecule has 0 saturated heterocycles. The Morgan fingerprint density at radius 2 is 2.24 bits per heavy atom. The third-order valence-electron chi connectivity index (χ3n) is 2.91. The lowest BCUT2D eigenvalue weighted by atomic mass is 10.3. The lowest BCUT2D eigenvalue weighted by Gasteiger charge is -2.08. The first-order chi connectivity index (χ1) is 10.3. The minimum Gasteiger partial charge on any atom is -0.492 e. The van der Waals surface area contributed by atoms with Gasteiger partial charge in [0.1, 0.15) is 5.75 Å². The number of aromatic amines is 1. The number of carbonyl (C=O) groups is 1. The second kappa shape index (κ2) is 8.32. The molecule has 2 N–H and O–H groups in total. The lowest BCUT2D eigenvalue weighted by molar-refractivity contribution is -0.121. The minimum absolute atomic E-state index is 0.0253. The molecule has 0 aliphatic carbocycles. The zero-order valence-electron chi connectivity index (χ0n) is 11.6. The second-order valence-corrected chi connectivity index (χ2v) is 4.97. The van der Waals surface area contributed by atoms with Crippen molar-refractivity contribution in [1.82, 2.24) is 15.3 Å². The van der Waals surface area contributed by atoms with E-state index in [-0.39, 0.29) is 5.91 Å². The topological polar surface area (TPSA) is 67.0 Å². The summed E-state index contributed by atoms with van der Waals surface area (Å²) in [6, 6.07) is 7.30. The Bertz CT molecular complexity index is 558. The van der Waals surface area contributed by atoms with Crippen molar-refractivity contribution >= 4 is 17.5 Å². The van der Waals surface area contributed by atoms with E-state index < -0.39 is 0 Å². The summed E-state index contributed by atoms with van der Waals surface area (Å²) in [5.74, 6) is 0.677. The highest BCUT2D eigenvalue weighted by Gasteiger charge is 2.03. The molecule has 0 spiro atoms. The molecule has 2 rings (SSSR count). The van der Waals surface area contributed by atoms with Gasteiger partial charge >= 0.3 is 0 Å². The largest absolute Gasteiger partial charge is 0.492 e. The van der Waals surface area contributed by atoms with Gasteiger partial charge in [-0.1, -0.05) is 23.7 Å². The molecule has 1 aromatic heterocycles. The number of rotatable bonds is 8. The van der Waals surface area contributed by atoms with E-state index in [4.69, 9.17) is 16.3 Å². The fraction of sp³-hybridized carbons (Fsp3) is 0.333. The number of benzene rings is 1. The summed E-state index contributed by atoms with van der Waals surface area (Å²) < 4.78 is 5.53. The standard InChI is InChI=1S/C15H18ClN3O2/c16-13-4-1-2-5-14(13)21-9-3-6-15(20)18-8-7-12-10-17-11-19-12/h1-2,4-5,10-11H,3,6-9H2,(H,17,19)(H,18,20). The highest BCUT2D eigenvalue weighted by atomic mass is 35.5. The summed E-state index contributed by atoms with van der Waals surface area (Å²) in [5.41, 5.74) is 1.01. The van der Waals surface area contributed by atoms with Crippen molar-refractivity contribution in [3.63, 3.8) is 0 Å². The molecule has 0 bridgehead atoms. The van der Waals surface area contributed by atoms with E-state index in [0.717, 1.165) is 12.1 Å². The van der Waals surface area contributed by atoms with Crippen molar-refractivity contribution in [3.8, 4) is 5.75 Å². The SMILES string of the molecule is O=C(CCCOc1ccccc1Cl)NCCc1cnc[nH]1. The maximum Gasteiger partial charge on any atom is 0.220 e. The molecule has 6 heteroatoms. The van der Waals surface area contributed by atoms with E-state index >= 15 is 0 Å². The molecule has 0 radical (unpaired) electrons. The molecule has 0 aliphatic rings. The molecule has 1 heterocycles. The molecule has 0 unspecified atom stereocenters. The number of para-hydroxylation sites is 1. The third-order valence-corrected chi connectivity index (χ3v) is 3.23. The van der Waals surface area contributed by atoms with Crippen molar-refractivity contribution in [2.24, 2.45) is 0 Å². The van der Waals surface area contributed by atoms with Crippen LogP contribution in [0.4, 0.5) is 0 Å². The van der Waals surface area contributed by atoms with Gasteiger partial charge in [-0.3, -0.25) is 4.79 Å². The average molecular weight is 308 g/mol. The van der Waals surface area contributed by atoms with Crippen LogP contribution >= 0.6 is 11.6 Å². The van der Waals surface area contributed by atoms with Crippen LogP contribution in [-0.2, 0) is 11.2 Å². The fourth-order valence-electron chi connectivity index (χ4n) is 1.82. The minimum atomic E-state index is 0.0253. The molecule has 112 valence electrons. The van der Waals surface area contributed by atoms with Crippen LogP contribution in [0.2, 0.25) is 5.02 Å². The number of hydrogen-bond acceptors (Lipinski definition) is 3. The van der Waals surface area contributed by atoms with Gasteiger partial charge in [0.25, 0.3) is 0 Å². The van der Waals surface area contributed by atoms with E-state index in [9.17, 15) is 4.79 Å². The van der Waals surface area contributed by atoms with Crippen molar-refractivity contribution < 1.29 is 9.53 Å². The van der Waals surface area contributed by atoms with Crippen molar-refractivity contribution in [3.05, 3.63) is 47.5 Å². The van der Waals surface area contributed by atoms with Gasteiger partial charge in [0.15, 0.2) is 0 Å². The highest BCUT2D eigenvalue weighted by molar-refractivity contribution is 6.32. The van der Waals surface area contributed by atoms with Gasteiger partial charge in [-0.2, -0.15) is 0 Å². The van der Waals surface area contributed by atoms with Gasteiger partial charge in [0, 0.05) is 31.3 Å². The Kier molecular flexibility index (Phi) is 6.09. The predicted octanol–water partition coefficient (Wildman–Crippen LogP) is 2.58. The van der Waals surface area contributed by atoms with Gasteiger partial charge in [-0.05, 0) is 18.6 Å². The maximum atomic E-state index is 11.6. The molecule has 0 atom stereocenters. The van der Waals surface area contributed by atoms with E-state index in [1.54, 1.807) is 18.6 Å². The van der Waals surface area contributed by atoms with Crippen LogP contribution in [0.1, 0.15) is 18.5 Å². The number of carbonyl (C=O) groups excluding carboxylic acids is 1. The zero-order chi connectivity index (χ0) is 14.9. The van der Waals surface area contributed by atoms with Gasteiger partial charge in [-0.25, -0.2) is 4.98 Å². The number of nitrogens with zero attached hydrogens (tertiary/aromatic N) is 1. The normalized spacial score (nSPS) is 10.3. The molecule has 0 saturated carbocycles. The van der Waals surface area contributed by atoms with Crippen LogP contribution in [0.25, 0.3) is 0 Å². The summed E-state index contributed by atoms with van der Waals surface area (Å²) in [6.45, 7) is 1.07. The summed E-state index contributed by atoms with van der Waals surface area (Å²) in [4.78, 5) is 18.5. The molecule has 21 heavy (non-hydrogen) atoms. The average Bonchev–Trinajstić information content (AvgIpc) is 2.98. The van der Waals surface area contributed by atoms with Crippen LogP contribution in [0, 0.1) is 0 Å². The summed E-state index contributed by atoms with van der Waals surface area (Å²) in [7, 11) is 0. The molecular formula is C15H18ClN3O2. The first kappa shape index (κ1) is 15.4. The number of imidazole rings is 1. The molecule has 0 aliphatic heterocycles. The first-order valence-corrected chi connectivity index (χ1v) is 7.25. The van der Waals surface area contributed by atoms with Crippen LogP contribution in [0.3, 0.4) is 0 Å². The Labute approximate surface area is 128 Å². The number of ether oxygens (including phenoxy) is 1. The molecule has 2 aromatic rings. The first-order valence-electron chi connectivity index (χ1n) is 6.87. The summed E-state index contributed by atoms with van der Waals surface area (Å²) >= 11 is 5.97.